The highest BCUT2D eigenvalue weighted by Crippen LogP contribution is 2.55. The Balaban J connectivity index is 1.79. The molecule has 2 aliphatic carbocycles. The Labute approximate surface area is 101 Å². The minimum absolute atomic E-state index is 0.0563. The Morgan fingerprint density at radius 1 is 1.35 bits per heavy atom. The molecule has 3 unspecified atom stereocenters. The van der Waals surface area contributed by atoms with Gasteiger partial charge in [-0.05, 0) is 55.4 Å². The molecule has 0 spiro atoms. The molecule has 3 rings (SSSR count). The van der Waals surface area contributed by atoms with Crippen LogP contribution in [0, 0.1) is 17.7 Å². The van der Waals surface area contributed by atoms with Gasteiger partial charge < -0.3 is 11.1 Å². The zero-order valence-corrected chi connectivity index (χ0v) is 9.95. The summed E-state index contributed by atoms with van der Waals surface area (Å²) in [5, 5.41) is 3.57. The third-order valence-corrected chi connectivity index (χ3v) is 4.43. The molecule has 0 saturated heterocycles. The van der Waals surface area contributed by atoms with Gasteiger partial charge in [0, 0.05) is 12.2 Å². The van der Waals surface area contributed by atoms with Crippen molar-refractivity contribution in [2.75, 3.05) is 11.9 Å². The van der Waals surface area contributed by atoms with Crippen molar-refractivity contribution in [3.05, 3.63) is 30.1 Å². The Hall–Kier alpha value is -1.09. The number of rotatable bonds is 3. The molecule has 0 radical (unpaired) electrons. The number of hydrogen-bond donors (Lipinski definition) is 2. The maximum Gasteiger partial charge on any atom is 0.123 e. The van der Waals surface area contributed by atoms with Crippen LogP contribution in [0.1, 0.15) is 25.7 Å². The topological polar surface area (TPSA) is 38.0 Å². The van der Waals surface area contributed by atoms with E-state index in [0.29, 0.717) is 6.54 Å². The predicted octanol–water partition coefficient (Wildman–Crippen LogP) is 2.76. The van der Waals surface area contributed by atoms with E-state index in [0.717, 1.165) is 23.9 Å². The van der Waals surface area contributed by atoms with Gasteiger partial charge in [0.25, 0.3) is 0 Å². The van der Waals surface area contributed by atoms with Gasteiger partial charge in [0.2, 0.25) is 0 Å². The Morgan fingerprint density at radius 2 is 2.12 bits per heavy atom. The van der Waals surface area contributed by atoms with Gasteiger partial charge in [0.15, 0.2) is 0 Å². The number of hydrogen-bond acceptors (Lipinski definition) is 2. The fourth-order valence-corrected chi connectivity index (χ4v) is 3.39. The molecule has 2 nitrogen and oxygen atoms in total. The van der Waals surface area contributed by atoms with Gasteiger partial charge in [0.05, 0.1) is 5.54 Å². The molecule has 0 aromatic heterocycles. The molecule has 0 bridgehead atoms. The van der Waals surface area contributed by atoms with Crippen LogP contribution in [-0.4, -0.2) is 12.1 Å². The highest BCUT2D eigenvalue weighted by Gasteiger charge is 2.54. The first-order chi connectivity index (χ1) is 8.23. The molecule has 1 aromatic rings. The molecule has 3 atom stereocenters. The van der Waals surface area contributed by atoms with Gasteiger partial charge in [-0.1, -0.05) is 6.42 Å². The summed E-state index contributed by atoms with van der Waals surface area (Å²) in [6, 6.07) is 6.61. The smallest absolute Gasteiger partial charge is 0.123 e. The lowest BCUT2D eigenvalue weighted by atomic mass is 9.81. The molecule has 3 N–H and O–H groups in total. The van der Waals surface area contributed by atoms with Crippen LogP contribution in [0.3, 0.4) is 0 Å². The predicted molar refractivity (Wildman–Crippen MR) is 67.3 cm³/mol. The van der Waals surface area contributed by atoms with Crippen LogP contribution >= 0.6 is 0 Å². The van der Waals surface area contributed by atoms with Crippen molar-refractivity contribution in [2.45, 2.75) is 31.2 Å². The van der Waals surface area contributed by atoms with Crippen molar-refractivity contribution in [1.29, 1.82) is 0 Å². The Morgan fingerprint density at radius 3 is 2.82 bits per heavy atom. The van der Waals surface area contributed by atoms with E-state index in [1.165, 1.54) is 31.4 Å². The Kier molecular flexibility index (Phi) is 2.58. The van der Waals surface area contributed by atoms with E-state index in [2.05, 4.69) is 5.32 Å². The molecule has 0 aliphatic heterocycles. The minimum Gasteiger partial charge on any atom is -0.378 e. The molecule has 2 fully saturated rings. The van der Waals surface area contributed by atoms with E-state index in [-0.39, 0.29) is 11.4 Å². The van der Waals surface area contributed by atoms with Gasteiger partial charge >= 0.3 is 0 Å². The summed E-state index contributed by atoms with van der Waals surface area (Å²) < 4.78 is 12.9. The summed E-state index contributed by atoms with van der Waals surface area (Å²) in [5.74, 6) is 1.41. The molecule has 2 aliphatic rings. The second-order valence-corrected chi connectivity index (χ2v) is 5.49. The van der Waals surface area contributed by atoms with Crippen LogP contribution in [0.4, 0.5) is 10.1 Å². The number of benzene rings is 1. The molecular weight excluding hydrogens is 215 g/mol. The normalized spacial score (nSPS) is 35.2. The van der Waals surface area contributed by atoms with E-state index >= 15 is 0 Å². The first-order valence-corrected chi connectivity index (χ1v) is 6.47. The summed E-state index contributed by atoms with van der Waals surface area (Å²) in [4.78, 5) is 0. The van der Waals surface area contributed by atoms with Crippen molar-refractivity contribution in [3.63, 3.8) is 0 Å². The van der Waals surface area contributed by atoms with Crippen LogP contribution in [0.2, 0.25) is 0 Å². The monoisotopic (exact) mass is 234 g/mol. The van der Waals surface area contributed by atoms with Gasteiger partial charge in [-0.25, -0.2) is 4.39 Å². The van der Waals surface area contributed by atoms with Crippen molar-refractivity contribution >= 4 is 5.69 Å². The van der Waals surface area contributed by atoms with E-state index in [1.807, 2.05) is 0 Å². The molecule has 92 valence electrons. The first-order valence-electron chi connectivity index (χ1n) is 6.47. The zero-order valence-electron chi connectivity index (χ0n) is 9.95. The highest BCUT2D eigenvalue weighted by atomic mass is 19.1. The van der Waals surface area contributed by atoms with Crippen LogP contribution in [0.15, 0.2) is 24.3 Å². The van der Waals surface area contributed by atoms with E-state index in [1.54, 1.807) is 12.1 Å². The van der Waals surface area contributed by atoms with E-state index in [4.69, 9.17) is 5.73 Å². The highest BCUT2D eigenvalue weighted by molar-refractivity contribution is 5.47. The number of halogens is 1. The fraction of sp³-hybridized carbons (Fsp3) is 0.571. The number of fused-ring (bicyclic) bond motifs is 1. The zero-order chi connectivity index (χ0) is 11.9. The van der Waals surface area contributed by atoms with Crippen molar-refractivity contribution in [3.8, 4) is 0 Å². The van der Waals surface area contributed by atoms with Crippen LogP contribution in [0.5, 0.6) is 0 Å². The molecular formula is C14H19FN2. The summed E-state index contributed by atoms with van der Waals surface area (Å²) >= 11 is 0. The Bertz CT molecular complexity index is 403. The lowest BCUT2D eigenvalue weighted by Gasteiger charge is -2.38. The van der Waals surface area contributed by atoms with Gasteiger partial charge in [-0.15, -0.1) is 0 Å². The van der Waals surface area contributed by atoms with Gasteiger partial charge in [-0.2, -0.15) is 0 Å². The third kappa shape index (κ3) is 1.93. The SMILES string of the molecule is NCC1(Nc2ccc(F)cc2)CCCC2CC21. The molecule has 1 aromatic carbocycles. The lowest BCUT2D eigenvalue weighted by Crippen LogP contribution is -2.49. The van der Waals surface area contributed by atoms with E-state index in [9.17, 15) is 4.39 Å². The quantitative estimate of drug-likeness (QED) is 0.844. The second kappa shape index (κ2) is 3.98. The molecule has 0 heterocycles. The molecule has 3 heteroatoms. The summed E-state index contributed by atoms with van der Waals surface area (Å²) in [7, 11) is 0. The average Bonchev–Trinajstić information content (AvgIpc) is 3.13. The second-order valence-electron chi connectivity index (χ2n) is 5.49. The van der Waals surface area contributed by atoms with Gasteiger partial charge in [0.1, 0.15) is 5.82 Å². The van der Waals surface area contributed by atoms with Crippen molar-refractivity contribution < 1.29 is 4.39 Å². The third-order valence-electron chi connectivity index (χ3n) is 4.43. The summed E-state index contributed by atoms with van der Waals surface area (Å²) in [5.41, 5.74) is 7.04. The number of anilines is 1. The molecule has 0 amide bonds. The first kappa shape index (κ1) is 11.0. The fourth-order valence-electron chi connectivity index (χ4n) is 3.39. The largest absolute Gasteiger partial charge is 0.378 e. The standard InChI is InChI=1S/C14H19FN2/c15-11-3-5-12(6-4-11)17-14(9-16)7-1-2-10-8-13(10)14/h3-6,10,13,17H,1-2,7-9,16H2. The lowest BCUT2D eigenvalue weighted by molar-refractivity contribution is 0.309. The van der Waals surface area contributed by atoms with Crippen molar-refractivity contribution in [1.82, 2.24) is 0 Å². The average molecular weight is 234 g/mol. The van der Waals surface area contributed by atoms with Crippen LogP contribution < -0.4 is 11.1 Å². The molecule has 17 heavy (non-hydrogen) atoms. The van der Waals surface area contributed by atoms with E-state index < -0.39 is 0 Å². The van der Waals surface area contributed by atoms with Gasteiger partial charge in [-0.3, -0.25) is 0 Å². The molecule has 2 saturated carbocycles. The number of nitrogens with two attached hydrogens (primary N) is 1. The van der Waals surface area contributed by atoms with Crippen molar-refractivity contribution in [2.24, 2.45) is 17.6 Å². The minimum atomic E-state index is -0.190. The maximum atomic E-state index is 12.9. The maximum absolute atomic E-state index is 12.9. The summed E-state index contributed by atoms with van der Waals surface area (Å²) in [6.07, 6.45) is 5.07. The van der Waals surface area contributed by atoms with Crippen LogP contribution in [-0.2, 0) is 0 Å². The number of nitrogens with one attached hydrogen (secondary N) is 1. The summed E-state index contributed by atoms with van der Waals surface area (Å²) in [6.45, 7) is 0.672. The van der Waals surface area contributed by atoms with Crippen LogP contribution in [0.25, 0.3) is 0 Å².